The van der Waals surface area contributed by atoms with Crippen LogP contribution in [0.15, 0.2) is 34.4 Å². The molecule has 2 aromatic heterocycles. The van der Waals surface area contributed by atoms with E-state index in [0.29, 0.717) is 40.0 Å². The number of non-ortho nitro benzene ring substituents is 1. The molecule has 4 rings (SSSR count). The van der Waals surface area contributed by atoms with Gasteiger partial charge in [-0.2, -0.15) is 0 Å². The number of thiophene rings is 1. The van der Waals surface area contributed by atoms with E-state index in [-0.39, 0.29) is 11.2 Å². The van der Waals surface area contributed by atoms with Crippen LogP contribution in [0.1, 0.15) is 18.3 Å². The lowest BCUT2D eigenvalue weighted by Crippen LogP contribution is -2.29. The van der Waals surface area contributed by atoms with Gasteiger partial charge in [0.25, 0.3) is 11.2 Å². The van der Waals surface area contributed by atoms with E-state index < -0.39 is 16.9 Å². The van der Waals surface area contributed by atoms with Crippen molar-refractivity contribution in [1.82, 2.24) is 9.55 Å². The van der Waals surface area contributed by atoms with E-state index in [1.807, 2.05) is 5.38 Å². The van der Waals surface area contributed by atoms with Gasteiger partial charge >= 0.3 is 5.97 Å². The number of aryl methyl sites for hydroxylation is 1. The van der Waals surface area contributed by atoms with Crippen LogP contribution in [0.25, 0.3) is 21.3 Å². The summed E-state index contributed by atoms with van der Waals surface area (Å²) in [5.41, 5.74) is 1.04. The predicted molar refractivity (Wildman–Crippen MR) is 95.3 cm³/mol. The topological polar surface area (TPSA) is 104 Å². The molecule has 0 N–H and O–H groups in total. The van der Waals surface area contributed by atoms with Gasteiger partial charge in [-0.3, -0.25) is 19.5 Å². The third-order valence-corrected chi connectivity index (χ3v) is 5.40. The van der Waals surface area contributed by atoms with Crippen LogP contribution in [-0.2, 0) is 16.0 Å². The number of methoxy groups -OCH3 is 1. The third kappa shape index (κ3) is 2.39. The normalized spacial score (nSPS) is 15.8. The largest absolute Gasteiger partial charge is 0.467 e. The Balaban J connectivity index is 1.90. The van der Waals surface area contributed by atoms with Gasteiger partial charge in [-0.05, 0) is 24.1 Å². The lowest BCUT2D eigenvalue weighted by Gasteiger charge is -2.12. The smallest absolute Gasteiger partial charge is 0.329 e. The molecule has 0 amide bonds. The summed E-state index contributed by atoms with van der Waals surface area (Å²) in [6.45, 7) is 0. The first-order valence-electron chi connectivity index (χ1n) is 7.86. The summed E-state index contributed by atoms with van der Waals surface area (Å²) in [4.78, 5) is 40.6. The molecule has 0 fully saturated rings. The number of carbonyl (C=O) groups excluding carboxylic acids is 1. The first-order valence-corrected chi connectivity index (χ1v) is 8.74. The van der Waals surface area contributed by atoms with E-state index in [2.05, 4.69) is 4.98 Å². The van der Waals surface area contributed by atoms with Crippen LogP contribution in [0, 0.1) is 10.1 Å². The summed E-state index contributed by atoms with van der Waals surface area (Å²) >= 11 is 1.34. The highest BCUT2D eigenvalue weighted by Crippen LogP contribution is 2.34. The molecule has 9 heteroatoms. The zero-order chi connectivity index (χ0) is 18.4. The van der Waals surface area contributed by atoms with Gasteiger partial charge in [0.1, 0.15) is 16.7 Å². The molecule has 0 saturated heterocycles. The number of carbonyl (C=O) groups is 1. The number of hydrogen-bond donors (Lipinski definition) is 0. The van der Waals surface area contributed by atoms with Crippen LogP contribution >= 0.6 is 11.3 Å². The Kier molecular flexibility index (Phi) is 3.80. The molecule has 0 aliphatic carbocycles. The third-order valence-electron chi connectivity index (χ3n) is 4.53. The number of benzene rings is 1. The van der Waals surface area contributed by atoms with Gasteiger partial charge in [0, 0.05) is 29.5 Å². The second-order valence-electron chi connectivity index (χ2n) is 5.91. The SMILES string of the molecule is COC(=O)[C@H]1CCc2nc3scc(-c4ccc([N+](=O)[O-])cc4)c3c(=O)n21. The molecule has 8 nitrogen and oxygen atoms in total. The fourth-order valence-corrected chi connectivity index (χ4v) is 4.23. The minimum atomic E-state index is -0.663. The lowest BCUT2D eigenvalue weighted by molar-refractivity contribution is -0.384. The fraction of sp³-hybridized carbons (Fsp3) is 0.235. The minimum absolute atomic E-state index is 0.0187. The van der Waals surface area contributed by atoms with Crippen molar-refractivity contribution in [2.75, 3.05) is 7.11 Å². The first-order chi connectivity index (χ1) is 12.5. The van der Waals surface area contributed by atoms with Gasteiger partial charge < -0.3 is 4.74 Å². The molecule has 0 spiro atoms. The van der Waals surface area contributed by atoms with Crippen LogP contribution in [0.2, 0.25) is 0 Å². The van der Waals surface area contributed by atoms with Crippen molar-refractivity contribution < 1.29 is 14.5 Å². The second-order valence-corrected chi connectivity index (χ2v) is 6.77. The van der Waals surface area contributed by atoms with Crippen molar-refractivity contribution >= 4 is 33.2 Å². The molecule has 1 aromatic carbocycles. The molecule has 1 aliphatic heterocycles. The highest BCUT2D eigenvalue weighted by Gasteiger charge is 2.32. The molecule has 3 aromatic rings. The Morgan fingerprint density at radius 3 is 2.77 bits per heavy atom. The minimum Gasteiger partial charge on any atom is -0.467 e. The van der Waals surface area contributed by atoms with Gasteiger partial charge in [-0.1, -0.05) is 0 Å². The van der Waals surface area contributed by atoms with Gasteiger partial charge in [0.05, 0.1) is 17.4 Å². The summed E-state index contributed by atoms with van der Waals surface area (Å²) < 4.78 is 6.21. The van der Waals surface area contributed by atoms with E-state index in [4.69, 9.17) is 4.74 Å². The van der Waals surface area contributed by atoms with Crippen molar-refractivity contribution in [2.24, 2.45) is 0 Å². The van der Waals surface area contributed by atoms with Crippen molar-refractivity contribution in [3.8, 4) is 11.1 Å². The number of hydrogen-bond acceptors (Lipinski definition) is 7. The Labute approximate surface area is 150 Å². The molecule has 1 aliphatic rings. The molecule has 0 unspecified atom stereocenters. The zero-order valence-electron chi connectivity index (χ0n) is 13.7. The number of rotatable bonds is 3. The van der Waals surface area contributed by atoms with E-state index in [9.17, 15) is 19.7 Å². The summed E-state index contributed by atoms with van der Waals surface area (Å²) in [5.74, 6) is 0.120. The van der Waals surface area contributed by atoms with Gasteiger partial charge in [-0.15, -0.1) is 11.3 Å². The molecular formula is C17H13N3O5S. The number of nitro groups is 1. The molecule has 132 valence electrons. The van der Waals surface area contributed by atoms with E-state index in [0.717, 1.165) is 0 Å². The van der Waals surface area contributed by atoms with Crippen molar-refractivity contribution in [3.05, 3.63) is 55.9 Å². The van der Waals surface area contributed by atoms with Crippen LogP contribution in [0.5, 0.6) is 0 Å². The van der Waals surface area contributed by atoms with Crippen LogP contribution in [-0.4, -0.2) is 27.6 Å². The summed E-state index contributed by atoms with van der Waals surface area (Å²) in [6.07, 6.45) is 1.02. The van der Waals surface area contributed by atoms with Crippen LogP contribution in [0.4, 0.5) is 5.69 Å². The first kappa shape index (κ1) is 16.4. The Morgan fingerprint density at radius 1 is 1.38 bits per heavy atom. The molecule has 0 saturated carbocycles. The molecule has 1 atom stereocenters. The molecular weight excluding hydrogens is 358 g/mol. The van der Waals surface area contributed by atoms with Crippen LogP contribution in [0.3, 0.4) is 0 Å². The summed E-state index contributed by atoms with van der Waals surface area (Å²) in [5, 5.41) is 13.1. The van der Waals surface area contributed by atoms with E-state index in [1.54, 1.807) is 12.1 Å². The summed E-state index contributed by atoms with van der Waals surface area (Å²) in [6, 6.07) is 5.34. The number of fused-ring (bicyclic) bond motifs is 2. The molecule has 26 heavy (non-hydrogen) atoms. The maximum atomic E-state index is 13.1. The monoisotopic (exact) mass is 371 g/mol. The Bertz CT molecular complexity index is 1100. The maximum Gasteiger partial charge on any atom is 0.329 e. The molecule has 0 radical (unpaired) electrons. The van der Waals surface area contributed by atoms with E-state index in [1.165, 1.54) is 35.1 Å². The Morgan fingerprint density at radius 2 is 2.12 bits per heavy atom. The highest BCUT2D eigenvalue weighted by molar-refractivity contribution is 7.17. The number of aromatic nitrogens is 2. The quantitative estimate of drug-likeness (QED) is 0.398. The average Bonchev–Trinajstić information content (AvgIpc) is 3.26. The predicted octanol–water partition coefficient (Wildman–Crippen LogP) is 2.69. The zero-order valence-corrected chi connectivity index (χ0v) is 14.5. The Hall–Kier alpha value is -3.07. The number of ether oxygens (including phenoxy) is 1. The average molecular weight is 371 g/mol. The highest BCUT2D eigenvalue weighted by atomic mass is 32.1. The van der Waals surface area contributed by atoms with Gasteiger partial charge in [0.15, 0.2) is 0 Å². The molecule has 3 heterocycles. The number of nitrogens with zero attached hydrogens (tertiary/aromatic N) is 3. The van der Waals surface area contributed by atoms with Gasteiger partial charge in [-0.25, -0.2) is 9.78 Å². The second kappa shape index (κ2) is 6.03. The molecule has 0 bridgehead atoms. The van der Waals surface area contributed by atoms with Crippen molar-refractivity contribution in [3.63, 3.8) is 0 Å². The lowest BCUT2D eigenvalue weighted by atomic mass is 10.1. The van der Waals surface area contributed by atoms with Gasteiger partial charge in [0.2, 0.25) is 0 Å². The van der Waals surface area contributed by atoms with E-state index >= 15 is 0 Å². The van der Waals surface area contributed by atoms with Crippen LogP contribution < -0.4 is 5.56 Å². The number of nitro benzene ring substituents is 1. The fourth-order valence-electron chi connectivity index (χ4n) is 3.27. The number of esters is 1. The van der Waals surface area contributed by atoms with Crippen molar-refractivity contribution in [2.45, 2.75) is 18.9 Å². The van der Waals surface area contributed by atoms with Crippen molar-refractivity contribution in [1.29, 1.82) is 0 Å². The summed E-state index contributed by atoms with van der Waals surface area (Å²) in [7, 11) is 1.30. The standard InChI is InChI=1S/C17H13N3O5S/c1-25-17(22)12-6-7-13-18-15-14(16(21)19(12)13)11(8-26-15)9-2-4-10(5-3-9)20(23)24/h2-5,8,12H,6-7H2,1H3/t12-/m1/s1. The maximum absolute atomic E-state index is 13.1.